The molecule has 1 atom stereocenters. The van der Waals surface area contributed by atoms with Crippen molar-refractivity contribution < 1.29 is 9.47 Å². The number of benzene rings is 3. The third kappa shape index (κ3) is 2.64. The Morgan fingerprint density at radius 2 is 1.74 bits per heavy atom. The van der Waals surface area contributed by atoms with E-state index >= 15 is 0 Å². The fourth-order valence-electron chi connectivity index (χ4n) is 3.28. The topological polar surface area (TPSA) is 44.5 Å². The molecule has 1 aliphatic rings. The first-order chi connectivity index (χ1) is 11.3. The summed E-state index contributed by atoms with van der Waals surface area (Å²) in [6.07, 6.45) is 0.890. The molecule has 2 N–H and O–H groups in total. The van der Waals surface area contributed by atoms with Crippen LogP contribution >= 0.6 is 0 Å². The molecule has 1 unspecified atom stereocenters. The molecule has 3 heteroatoms. The molecule has 0 bridgehead atoms. The Morgan fingerprint density at radius 1 is 0.913 bits per heavy atom. The number of fused-ring (bicyclic) bond motifs is 2. The summed E-state index contributed by atoms with van der Waals surface area (Å²) in [6.45, 7) is 0.922. The summed E-state index contributed by atoms with van der Waals surface area (Å²) >= 11 is 0. The molecular weight excluding hydrogens is 286 g/mol. The van der Waals surface area contributed by atoms with Crippen LogP contribution in [-0.2, 0) is 6.42 Å². The van der Waals surface area contributed by atoms with Gasteiger partial charge in [-0.3, -0.25) is 0 Å². The second-order valence-electron chi connectivity index (χ2n) is 5.89. The second kappa shape index (κ2) is 5.94. The first kappa shape index (κ1) is 14.1. The van der Waals surface area contributed by atoms with Gasteiger partial charge in [0.25, 0.3) is 0 Å². The van der Waals surface area contributed by atoms with Crippen LogP contribution in [0.3, 0.4) is 0 Å². The van der Waals surface area contributed by atoms with Crippen LogP contribution in [0.4, 0.5) is 0 Å². The molecule has 1 aliphatic heterocycles. The zero-order chi connectivity index (χ0) is 15.6. The largest absolute Gasteiger partial charge is 0.454 e. The Kier molecular flexibility index (Phi) is 3.64. The van der Waals surface area contributed by atoms with Crippen molar-refractivity contribution >= 4 is 10.8 Å². The monoisotopic (exact) mass is 305 g/mol. The van der Waals surface area contributed by atoms with Crippen molar-refractivity contribution in [2.45, 2.75) is 12.3 Å². The summed E-state index contributed by atoms with van der Waals surface area (Å²) in [6, 6.07) is 21.1. The lowest BCUT2D eigenvalue weighted by molar-refractivity contribution is 0.174. The molecule has 3 nitrogen and oxygen atoms in total. The molecule has 0 amide bonds. The van der Waals surface area contributed by atoms with Crippen molar-refractivity contribution in [2.24, 2.45) is 5.73 Å². The third-order valence-electron chi connectivity index (χ3n) is 4.47. The van der Waals surface area contributed by atoms with Crippen molar-refractivity contribution in [2.75, 3.05) is 13.3 Å². The SMILES string of the molecule is NCC(Cc1ccc2c(c1)OCO2)c1cccc2ccccc12. The van der Waals surface area contributed by atoms with Gasteiger partial charge in [-0.1, -0.05) is 48.5 Å². The average molecular weight is 305 g/mol. The summed E-state index contributed by atoms with van der Waals surface area (Å²) in [5.41, 5.74) is 8.63. The minimum atomic E-state index is 0.279. The molecule has 0 fully saturated rings. The van der Waals surface area contributed by atoms with Gasteiger partial charge in [-0.2, -0.15) is 0 Å². The Labute approximate surface area is 135 Å². The van der Waals surface area contributed by atoms with E-state index in [-0.39, 0.29) is 5.92 Å². The van der Waals surface area contributed by atoms with Crippen LogP contribution < -0.4 is 15.2 Å². The quantitative estimate of drug-likeness (QED) is 0.796. The summed E-state index contributed by atoms with van der Waals surface area (Å²) in [5.74, 6) is 1.93. The predicted octanol–water partition coefficient (Wildman–Crippen LogP) is 3.85. The summed E-state index contributed by atoms with van der Waals surface area (Å²) in [7, 11) is 0. The fourth-order valence-corrected chi connectivity index (χ4v) is 3.28. The van der Waals surface area contributed by atoms with Crippen LogP contribution in [0, 0.1) is 0 Å². The Balaban J connectivity index is 1.68. The average Bonchev–Trinajstić information content (AvgIpc) is 3.07. The highest BCUT2D eigenvalue weighted by Crippen LogP contribution is 2.34. The van der Waals surface area contributed by atoms with Crippen LogP contribution in [0.15, 0.2) is 60.7 Å². The van der Waals surface area contributed by atoms with Crippen LogP contribution in [-0.4, -0.2) is 13.3 Å². The molecule has 4 rings (SSSR count). The fraction of sp³-hybridized carbons (Fsp3) is 0.200. The highest BCUT2D eigenvalue weighted by molar-refractivity contribution is 5.86. The molecule has 116 valence electrons. The molecule has 0 aromatic heterocycles. The van der Waals surface area contributed by atoms with E-state index in [0.717, 1.165) is 17.9 Å². The Hall–Kier alpha value is -2.52. The third-order valence-corrected chi connectivity index (χ3v) is 4.47. The summed E-state index contributed by atoms with van der Waals surface area (Å²) in [4.78, 5) is 0. The van der Waals surface area contributed by atoms with Crippen molar-refractivity contribution in [3.05, 3.63) is 71.8 Å². The molecule has 3 aromatic carbocycles. The molecular formula is C20H19NO2. The number of nitrogens with two attached hydrogens (primary N) is 1. The highest BCUT2D eigenvalue weighted by Gasteiger charge is 2.17. The lowest BCUT2D eigenvalue weighted by Gasteiger charge is -2.18. The van der Waals surface area contributed by atoms with E-state index in [1.807, 2.05) is 6.07 Å². The highest BCUT2D eigenvalue weighted by atomic mass is 16.7. The number of hydrogen-bond acceptors (Lipinski definition) is 3. The molecule has 0 spiro atoms. The molecule has 1 heterocycles. The van der Waals surface area contributed by atoms with Gasteiger partial charge in [0.05, 0.1) is 0 Å². The van der Waals surface area contributed by atoms with Crippen LogP contribution in [0.1, 0.15) is 17.0 Å². The molecule has 0 aliphatic carbocycles. The minimum absolute atomic E-state index is 0.279. The van der Waals surface area contributed by atoms with Gasteiger partial charge < -0.3 is 15.2 Å². The van der Waals surface area contributed by atoms with Crippen LogP contribution in [0.2, 0.25) is 0 Å². The van der Waals surface area contributed by atoms with Gasteiger partial charge in [0.15, 0.2) is 11.5 Å². The molecule has 0 radical (unpaired) electrons. The second-order valence-corrected chi connectivity index (χ2v) is 5.89. The molecule has 3 aromatic rings. The van der Waals surface area contributed by atoms with Gasteiger partial charge in [0.1, 0.15) is 0 Å². The minimum Gasteiger partial charge on any atom is -0.454 e. The van der Waals surface area contributed by atoms with E-state index in [0.29, 0.717) is 13.3 Å². The van der Waals surface area contributed by atoms with Gasteiger partial charge in [0, 0.05) is 5.92 Å². The summed E-state index contributed by atoms with van der Waals surface area (Å²) in [5, 5.41) is 2.54. The van der Waals surface area contributed by atoms with Gasteiger partial charge in [0.2, 0.25) is 6.79 Å². The Morgan fingerprint density at radius 3 is 2.65 bits per heavy atom. The van der Waals surface area contributed by atoms with Crippen LogP contribution in [0.5, 0.6) is 11.5 Å². The van der Waals surface area contributed by atoms with E-state index in [9.17, 15) is 0 Å². The van der Waals surface area contributed by atoms with Gasteiger partial charge in [-0.05, 0) is 47.0 Å². The first-order valence-corrected chi connectivity index (χ1v) is 7.91. The maximum atomic E-state index is 6.10. The van der Waals surface area contributed by atoms with Crippen molar-refractivity contribution in [1.29, 1.82) is 0 Å². The van der Waals surface area contributed by atoms with E-state index in [1.54, 1.807) is 0 Å². The maximum absolute atomic E-state index is 6.10. The Bertz CT molecular complexity index is 839. The lowest BCUT2D eigenvalue weighted by Crippen LogP contribution is -2.15. The molecule has 23 heavy (non-hydrogen) atoms. The maximum Gasteiger partial charge on any atom is 0.231 e. The predicted molar refractivity (Wildman–Crippen MR) is 92.0 cm³/mol. The van der Waals surface area contributed by atoms with E-state index in [2.05, 4.69) is 54.6 Å². The van der Waals surface area contributed by atoms with Gasteiger partial charge >= 0.3 is 0 Å². The lowest BCUT2D eigenvalue weighted by atomic mass is 9.88. The van der Waals surface area contributed by atoms with Crippen molar-refractivity contribution in [1.82, 2.24) is 0 Å². The zero-order valence-electron chi connectivity index (χ0n) is 12.9. The standard InChI is InChI=1S/C20H19NO2/c21-12-16(10-14-8-9-19-20(11-14)23-13-22-19)18-7-3-5-15-4-1-2-6-17(15)18/h1-9,11,16H,10,12-13,21H2. The molecule has 0 saturated heterocycles. The normalized spacial score (nSPS) is 14.1. The smallest absolute Gasteiger partial charge is 0.231 e. The van der Waals surface area contributed by atoms with Crippen LogP contribution in [0.25, 0.3) is 10.8 Å². The summed E-state index contributed by atoms with van der Waals surface area (Å²) < 4.78 is 10.9. The van der Waals surface area contributed by atoms with Gasteiger partial charge in [-0.25, -0.2) is 0 Å². The molecule has 0 saturated carbocycles. The van der Waals surface area contributed by atoms with E-state index < -0.39 is 0 Å². The first-order valence-electron chi connectivity index (χ1n) is 7.91. The van der Waals surface area contributed by atoms with Gasteiger partial charge in [-0.15, -0.1) is 0 Å². The van der Waals surface area contributed by atoms with E-state index in [1.165, 1.54) is 21.9 Å². The zero-order valence-corrected chi connectivity index (χ0v) is 12.9. The van der Waals surface area contributed by atoms with E-state index in [4.69, 9.17) is 15.2 Å². The van der Waals surface area contributed by atoms with Crippen molar-refractivity contribution in [3.63, 3.8) is 0 Å². The number of ether oxygens (including phenoxy) is 2. The number of rotatable bonds is 4. The number of hydrogen-bond donors (Lipinski definition) is 1. The van der Waals surface area contributed by atoms with Crippen molar-refractivity contribution in [3.8, 4) is 11.5 Å².